The van der Waals surface area contributed by atoms with E-state index in [-0.39, 0.29) is 6.61 Å². The van der Waals surface area contributed by atoms with Crippen LogP contribution in [-0.4, -0.2) is 20.5 Å². The first-order valence-electron chi connectivity index (χ1n) is 6.05. The molecular weight excluding hydrogens is 256 g/mol. The fourth-order valence-electron chi connectivity index (χ4n) is 1.96. The normalized spacial score (nSPS) is 10.6. The maximum Gasteiger partial charge on any atom is 0.252 e. The van der Waals surface area contributed by atoms with Gasteiger partial charge in [-0.25, -0.2) is 9.50 Å². The van der Waals surface area contributed by atoms with Crippen LogP contribution in [0.3, 0.4) is 0 Å². The Morgan fingerprint density at radius 1 is 1.20 bits per heavy atom. The molecule has 0 aliphatic heterocycles. The molecule has 0 saturated carbocycles. The zero-order chi connectivity index (χ0) is 13.9. The molecular formula is C14H12N4O2. The highest BCUT2D eigenvalue weighted by molar-refractivity contribution is 5.95. The zero-order valence-corrected chi connectivity index (χ0v) is 10.6. The lowest BCUT2D eigenvalue weighted by Crippen LogP contribution is -2.13. The van der Waals surface area contributed by atoms with E-state index < -0.39 is 5.91 Å². The van der Waals surface area contributed by atoms with E-state index in [0.29, 0.717) is 11.3 Å². The van der Waals surface area contributed by atoms with Crippen LogP contribution in [0.25, 0.3) is 5.65 Å². The van der Waals surface area contributed by atoms with Crippen LogP contribution in [0, 0.1) is 0 Å². The molecule has 0 radical (unpaired) electrons. The van der Waals surface area contributed by atoms with Crippen molar-refractivity contribution in [3.05, 3.63) is 60.0 Å². The zero-order valence-electron chi connectivity index (χ0n) is 10.6. The molecule has 0 unspecified atom stereocenters. The number of primary amides is 1. The SMILES string of the molecule is NC(=O)c1ccccc1OCc1cccc2ncnn12. The number of pyridine rings is 1. The van der Waals surface area contributed by atoms with Gasteiger partial charge in [-0.3, -0.25) is 4.79 Å². The van der Waals surface area contributed by atoms with Crippen LogP contribution in [0.4, 0.5) is 0 Å². The number of hydrogen-bond acceptors (Lipinski definition) is 4. The van der Waals surface area contributed by atoms with E-state index in [9.17, 15) is 4.79 Å². The monoisotopic (exact) mass is 268 g/mol. The maximum absolute atomic E-state index is 11.3. The number of ether oxygens (including phenoxy) is 1. The second kappa shape index (κ2) is 5.00. The Labute approximate surface area is 114 Å². The minimum atomic E-state index is -0.514. The van der Waals surface area contributed by atoms with Crippen LogP contribution >= 0.6 is 0 Å². The van der Waals surface area contributed by atoms with Crippen LogP contribution < -0.4 is 10.5 Å². The number of carbonyl (C=O) groups is 1. The molecule has 3 aromatic rings. The summed E-state index contributed by atoms with van der Waals surface area (Å²) in [7, 11) is 0. The summed E-state index contributed by atoms with van der Waals surface area (Å²) in [6, 6.07) is 12.5. The molecule has 6 heteroatoms. The van der Waals surface area contributed by atoms with E-state index in [2.05, 4.69) is 10.1 Å². The van der Waals surface area contributed by atoms with Crippen LogP contribution in [0.15, 0.2) is 48.8 Å². The summed E-state index contributed by atoms with van der Waals surface area (Å²) in [5, 5.41) is 4.12. The standard InChI is InChI=1S/C14H12N4O2/c15-14(19)11-5-1-2-6-12(11)20-8-10-4-3-7-13-16-9-17-18(10)13/h1-7,9H,8H2,(H2,15,19). The van der Waals surface area contributed by atoms with Crippen molar-refractivity contribution in [3.63, 3.8) is 0 Å². The topological polar surface area (TPSA) is 82.5 Å². The molecule has 2 N–H and O–H groups in total. The number of rotatable bonds is 4. The predicted molar refractivity (Wildman–Crippen MR) is 72.3 cm³/mol. The Bertz CT molecular complexity index is 766. The summed E-state index contributed by atoms with van der Waals surface area (Å²) in [5.41, 5.74) is 7.25. The second-order valence-corrected chi connectivity index (χ2v) is 4.20. The molecule has 1 amide bonds. The van der Waals surface area contributed by atoms with E-state index in [0.717, 1.165) is 11.3 Å². The Morgan fingerprint density at radius 2 is 2.05 bits per heavy atom. The molecule has 2 aromatic heterocycles. The number of fused-ring (bicyclic) bond motifs is 1. The van der Waals surface area contributed by atoms with Gasteiger partial charge in [0.05, 0.1) is 11.3 Å². The fourth-order valence-corrected chi connectivity index (χ4v) is 1.96. The van der Waals surface area contributed by atoms with Crippen LogP contribution in [0.2, 0.25) is 0 Å². The Kier molecular flexibility index (Phi) is 3.04. The molecule has 0 atom stereocenters. The van der Waals surface area contributed by atoms with Crippen molar-refractivity contribution >= 4 is 11.6 Å². The second-order valence-electron chi connectivity index (χ2n) is 4.20. The van der Waals surface area contributed by atoms with Crippen LogP contribution in [0.1, 0.15) is 16.1 Å². The van der Waals surface area contributed by atoms with Crippen molar-refractivity contribution in [2.75, 3.05) is 0 Å². The largest absolute Gasteiger partial charge is 0.486 e. The average molecular weight is 268 g/mol. The molecule has 0 fully saturated rings. The van der Waals surface area contributed by atoms with Crippen molar-refractivity contribution < 1.29 is 9.53 Å². The number of nitrogens with two attached hydrogens (primary N) is 1. The molecule has 6 nitrogen and oxygen atoms in total. The first-order valence-corrected chi connectivity index (χ1v) is 6.05. The van der Waals surface area contributed by atoms with E-state index in [4.69, 9.17) is 10.5 Å². The molecule has 0 spiro atoms. The van der Waals surface area contributed by atoms with Crippen LogP contribution in [-0.2, 0) is 6.61 Å². The highest BCUT2D eigenvalue weighted by atomic mass is 16.5. The number of carbonyl (C=O) groups excluding carboxylic acids is 1. The summed E-state index contributed by atoms with van der Waals surface area (Å²) >= 11 is 0. The molecule has 0 bridgehead atoms. The Hall–Kier alpha value is -2.89. The van der Waals surface area contributed by atoms with E-state index in [1.165, 1.54) is 6.33 Å². The number of aromatic nitrogens is 3. The van der Waals surface area contributed by atoms with Crippen LogP contribution in [0.5, 0.6) is 5.75 Å². The van der Waals surface area contributed by atoms with Crippen molar-refractivity contribution in [3.8, 4) is 5.75 Å². The van der Waals surface area contributed by atoms with Gasteiger partial charge in [0.15, 0.2) is 5.65 Å². The van der Waals surface area contributed by atoms with Gasteiger partial charge in [-0.05, 0) is 24.3 Å². The van der Waals surface area contributed by atoms with Crippen molar-refractivity contribution in [1.29, 1.82) is 0 Å². The third kappa shape index (κ3) is 2.18. The minimum absolute atomic E-state index is 0.269. The number of benzene rings is 1. The molecule has 0 aliphatic carbocycles. The first-order chi connectivity index (χ1) is 9.75. The number of para-hydroxylation sites is 1. The number of hydrogen-bond donors (Lipinski definition) is 1. The minimum Gasteiger partial charge on any atom is -0.486 e. The summed E-state index contributed by atoms with van der Waals surface area (Å²) in [6.45, 7) is 0.269. The van der Waals surface area contributed by atoms with E-state index in [1.807, 2.05) is 18.2 Å². The van der Waals surface area contributed by atoms with Crippen molar-refractivity contribution in [1.82, 2.24) is 14.6 Å². The van der Waals surface area contributed by atoms with Crippen molar-refractivity contribution in [2.45, 2.75) is 6.61 Å². The molecule has 0 saturated heterocycles. The van der Waals surface area contributed by atoms with Gasteiger partial charge < -0.3 is 10.5 Å². The molecule has 3 rings (SSSR count). The number of nitrogens with zero attached hydrogens (tertiary/aromatic N) is 3. The van der Waals surface area contributed by atoms with Gasteiger partial charge in [0, 0.05) is 0 Å². The lowest BCUT2D eigenvalue weighted by molar-refractivity contribution is 0.0996. The number of amides is 1. The lowest BCUT2D eigenvalue weighted by atomic mass is 10.2. The molecule has 0 aliphatic rings. The van der Waals surface area contributed by atoms with Gasteiger partial charge in [0.2, 0.25) is 0 Å². The average Bonchev–Trinajstić information content (AvgIpc) is 2.94. The highest BCUT2D eigenvalue weighted by Crippen LogP contribution is 2.18. The predicted octanol–water partition coefficient (Wildman–Crippen LogP) is 1.41. The molecule has 1 aromatic carbocycles. The third-order valence-corrected chi connectivity index (χ3v) is 2.91. The molecule has 20 heavy (non-hydrogen) atoms. The smallest absolute Gasteiger partial charge is 0.252 e. The van der Waals surface area contributed by atoms with Gasteiger partial charge >= 0.3 is 0 Å². The Morgan fingerprint density at radius 3 is 2.90 bits per heavy atom. The maximum atomic E-state index is 11.3. The first kappa shape index (κ1) is 12.2. The Balaban J connectivity index is 1.87. The fraction of sp³-hybridized carbons (Fsp3) is 0.0714. The summed E-state index contributed by atoms with van der Waals surface area (Å²) in [4.78, 5) is 15.4. The summed E-state index contributed by atoms with van der Waals surface area (Å²) < 4.78 is 7.36. The van der Waals surface area contributed by atoms with Crippen molar-refractivity contribution in [2.24, 2.45) is 5.73 Å². The van der Waals surface area contributed by atoms with Gasteiger partial charge in [0.1, 0.15) is 18.7 Å². The summed E-state index contributed by atoms with van der Waals surface area (Å²) in [6.07, 6.45) is 1.48. The van der Waals surface area contributed by atoms with Gasteiger partial charge in [-0.15, -0.1) is 0 Å². The highest BCUT2D eigenvalue weighted by Gasteiger charge is 2.09. The quantitative estimate of drug-likeness (QED) is 0.775. The lowest BCUT2D eigenvalue weighted by Gasteiger charge is -2.10. The third-order valence-electron chi connectivity index (χ3n) is 2.91. The van der Waals surface area contributed by atoms with Gasteiger partial charge in [0.25, 0.3) is 5.91 Å². The van der Waals surface area contributed by atoms with Gasteiger partial charge in [-0.1, -0.05) is 18.2 Å². The van der Waals surface area contributed by atoms with E-state index in [1.54, 1.807) is 28.8 Å². The molecule has 2 heterocycles. The van der Waals surface area contributed by atoms with Gasteiger partial charge in [-0.2, -0.15) is 5.10 Å². The summed E-state index contributed by atoms with van der Waals surface area (Å²) in [5.74, 6) is -0.0586. The van der Waals surface area contributed by atoms with E-state index >= 15 is 0 Å². The molecule has 100 valence electrons.